The smallest absolute Gasteiger partial charge is 0.296 e. The summed E-state index contributed by atoms with van der Waals surface area (Å²) < 4.78 is 5.32. The van der Waals surface area contributed by atoms with Gasteiger partial charge in [-0.25, -0.2) is 0 Å². The zero-order chi connectivity index (χ0) is 23.0. The molecule has 10 heteroatoms. The average molecular weight is 473 g/mol. The maximum absolute atomic E-state index is 13.0. The van der Waals surface area contributed by atoms with E-state index in [0.29, 0.717) is 16.3 Å². The molecule has 32 heavy (non-hydrogen) atoms. The third kappa shape index (κ3) is 3.86. The molecule has 1 atom stereocenters. The van der Waals surface area contributed by atoms with Gasteiger partial charge in [0.25, 0.3) is 17.4 Å². The number of rotatable bonds is 5. The first-order valence-electron chi connectivity index (χ1n) is 9.28. The minimum Gasteiger partial charge on any atom is -0.507 e. The van der Waals surface area contributed by atoms with Gasteiger partial charge in [-0.3, -0.25) is 19.7 Å². The molecule has 2 heterocycles. The van der Waals surface area contributed by atoms with Crippen molar-refractivity contribution in [3.63, 3.8) is 0 Å². The van der Waals surface area contributed by atoms with Crippen molar-refractivity contribution in [3.8, 4) is 0 Å². The second-order valence-electron chi connectivity index (χ2n) is 6.98. The summed E-state index contributed by atoms with van der Waals surface area (Å²) in [6.45, 7) is -0.0626. The highest BCUT2D eigenvalue weighted by Gasteiger charge is 2.47. The molecule has 1 saturated heterocycles. The number of nitro benzene ring substituents is 1. The SMILES string of the molecule is O=C1C(=O)N(Cc2ccco2)[C@H](c2ccc(Cl)cc2Cl)C1=C(O)c1cccc([N+](=O)[O-])c1. The Morgan fingerprint density at radius 1 is 1.12 bits per heavy atom. The van der Waals surface area contributed by atoms with Gasteiger partial charge in [0.2, 0.25) is 0 Å². The first-order chi connectivity index (χ1) is 15.3. The summed E-state index contributed by atoms with van der Waals surface area (Å²) in [4.78, 5) is 37.7. The summed E-state index contributed by atoms with van der Waals surface area (Å²) in [5.74, 6) is -1.96. The number of likely N-dealkylation sites (tertiary alicyclic amines) is 1. The molecule has 1 aromatic heterocycles. The number of amides is 1. The monoisotopic (exact) mass is 472 g/mol. The van der Waals surface area contributed by atoms with E-state index in [-0.39, 0.29) is 28.4 Å². The Hall–Kier alpha value is -3.62. The van der Waals surface area contributed by atoms with Crippen LogP contribution in [-0.4, -0.2) is 26.6 Å². The lowest BCUT2D eigenvalue weighted by molar-refractivity contribution is -0.384. The van der Waals surface area contributed by atoms with Crippen LogP contribution in [0.15, 0.2) is 70.9 Å². The third-order valence-corrected chi connectivity index (χ3v) is 5.60. The Morgan fingerprint density at radius 2 is 1.91 bits per heavy atom. The Balaban J connectivity index is 1.91. The van der Waals surface area contributed by atoms with E-state index in [1.807, 2.05) is 0 Å². The molecule has 1 fully saturated rings. The van der Waals surface area contributed by atoms with Crippen LogP contribution in [0.2, 0.25) is 10.0 Å². The molecule has 0 unspecified atom stereocenters. The maximum atomic E-state index is 13.0. The lowest BCUT2D eigenvalue weighted by Gasteiger charge is -2.25. The minimum absolute atomic E-state index is 0.0188. The van der Waals surface area contributed by atoms with Gasteiger partial charge in [0.1, 0.15) is 11.5 Å². The number of furan rings is 1. The normalized spacial score (nSPS) is 17.7. The Bertz CT molecular complexity index is 1270. The largest absolute Gasteiger partial charge is 0.507 e. The predicted molar refractivity (Wildman–Crippen MR) is 116 cm³/mol. The summed E-state index contributed by atoms with van der Waals surface area (Å²) in [6, 6.07) is 11.9. The number of aliphatic hydroxyl groups excluding tert-OH is 1. The molecule has 162 valence electrons. The topological polar surface area (TPSA) is 114 Å². The Morgan fingerprint density at radius 3 is 2.56 bits per heavy atom. The van der Waals surface area contributed by atoms with Gasteiger partial charge in [0.15, 0.2) is 0 Å². The summed E-state index contributed by atoms with van der Waals surface area (Å²) >= 11 is 12.4. The number of benzene rings is 2. The molecule has 0 spiro atoms. The molecule has 1 aliphatic heterocycles. The molecule has 1 amide bonds. The van der Waals surface area contributed by atoms with E-state index in [1.54, 1.807) is 24.3 Å². The zero-order valence-electron chi connectivity index (χ0n) is 16.2. The molecular weight excluding hydrogens is 459 g/mol. The van der Waals surface area contributed by atoms with Crippen molar-refractivity contribution >= 4 is 46.3 Å². The van der Waals surface area contributed by atoms with Crippen LogP contribution in [0.4, 0.5) is 5.69 Å². The van der Waals surface area contributed by atoms with Crippen LogP contribution in [0, 0.1) is 10.1 Å². The van der Waals surface area contributed by atoms with Gasteiger partial charge in [-0.2, -0.15) is 0 Å². The number of carbonyl (C=O) groups is 2. The van der Waals surface area contributed by atoms with Crippen molar-refractivity contribution in [3.05, 3.63) is 103 Å². The minimum atomic E-state index is -1.07. The zero-order valence-corrected chi connectivity index (χ0v) is 17.7. The molecule has 0 radical (unpaired) electrons. The molecule has 8 nitrogen and oxygen atoms in total. The predicted octanol–water partition coefficient (Wildman–Crippen LogP) is 5.12. The van der Waals surface area contributed by atoms with Crippen molar-refractivity contribution in [2.24, 2.45) is 0 Å². The van der Waals surface area contributed by atoms with Crippen LogP contribution >= 0.6 is 23.2 Å². The van der Waals surface area contributed by atoms with Crippen LogP contribution in [0.1, 0.15) is 22.9 Å². The summed E-state index contributed by atoms with van der Waals surface area (Å²) in [6.07, 6.45) is 1.43. The Labute approximate surface area is 191 Å². The molecule has 4 rings (SSSR count). The summed E-state index contributed by atoms with van der Waals surface area (Å²) in [5.41, 5.74) is -0.148. The van der Waals surface area contributed by atoms with Crippen LogP contribution in [-0.2, 0) is 16.1 Å². The number of halogens is 2. The average Bonchev–Trinajstić information content (AvgIpc) is 3.36. The molecule has 3 aromatic rings. The fraction of sp³-hybridized carbons (Fsp3) is 0.0909. The second-order valence-corrected chi connectivity index (χ2v) is 7.82. The molecule has 0 bridgehead atoms. The summed E-state index contributed by atoms with van der Waals surface area (Å²) in [5, 5.41) is 22.7. The van der Waals surface area contributed by atoms with E-state index in [2.05, 4.69) is 0 Å². The van der Waals surface area contributed by atoms with Crippen LogP contribution < -0.4 is 0 Å². The van der Waals surface area contributed by atoms with Crippen molar-refractivity contribution in [1.82, 2.24) is 4.90 Å². The number of aliphatic hydroxyl groups is 1. The fourth-order valence-corrected chi connectivity index (χ4v) is 4.09. The fourth-order valence-electron chi connectivity index (χ4n) is 3.58. The van der Waals surface area contributed by atoms with Gasteiger partial charge in [-0.1, -0.05) is 41.4 Å². The molecule has 2 aromatic carbocycles. The van der Waals surface area contributed by atoms with E-state index >= 15 is 0 Å². The lowest BCUT2D eigenvalue weighted by Crippen LogP contribution is -2.29. The first-order valence-corrected chi connectivity index (χ1v) is 10.0. The molecule has 1 aliphatic rings. The van der Waals surface area contributed by atoms with Gasteiger partial charge in [0.05, 0.1) is 29.3 Å². The molecule has 0 saturated carbocycles. The maximum Gasteiger partial charge on any atom is 0.296 e. The Kier molecular flexibility index (Phi) is 5.73. The van der Waals surface area contributed by atoms with Gasteiger partial charge in [0, 0.05) is 27.7 Å². The molecule has 0 aliphatic carbocycles. The van der Waals surface area contributed by atoms with Crippen LogP contribution in [0.25, 0.3) is 5.76 Å². The quantitative estimate of drug-likeness (QED) is 0.181. The first kappa shape index (κ1) is 21.6. The van der Waals surface area contributed by atoms with Gasteiger partial charge in [-0.05, 0) is 29.8 Å². The van der Waals surface area contributed by atoms with E-state index in [4.69, 9.17) is 27.6 Å². The van der Waals surface area contributed by atoms with E-state index in [1.165, 1.54) is 35.4 Å². The summed E-state index contributed by atoms with van der Waals surface area (Å²) in [7, 11) is 0. The van der Waals surface area contributed by atoms with Gasteiger partial charge >= 0.3 is 0 Å². The number of carbonyl (C=O) groups excluding carboxylic acids is 2. The highest BCUT2D eigenvalue weighted by molar-refractivity contribution is 6.47. The lowest BCUT2D eigenvalue weighted by atomic mass is 9.95. The third-order valence-electron chi connectivity index (χ3n) is 5.03. The number of non-ortho nitro benzene ring substituents is 1. The van der Waals surface area contributed by atoms with Crippen molar-refractivity contribution < 1.29 is 24.0 Å². The highest BCUT2D eigenvalue weighted by atomic mass is 35.5. The van der Waals surface area contributed by atoms with E-state index < -0.39 is 28.4 Å². The molecule has 1 N–H and O–H groups in total. The van der Waals surface area contributed by atoms with Crippen LogP contribution in [0.5, 0.6) is 0 Å². The number of ketones is 1. The second kappa shape index (κ2) is 8.49. The number of nitro groups is 1. The number of Topliss-reactive ketones (excluding diaryl/α,β-unsaturated/α-hetero) is 1. The van der Waals surface area contributed by atoms with E-state index in [0.717, 1.165) is 6.07 Å². The van der Waals surface area contributed by atoms with Gasteiger partial charge in [-0.15, -0.1) is 0 Å². The van der Waals surface area contributed by atoms with Gasteiger partial charge < -0.3 is 14.4 Å². The highest BCUT2D eigenvalue weighted by Crippen LogP contribution is 2.43. The van der Waals surface area contributed by atoms with Crippen LogP contribution in [0.3, 0.4) is 0 Å². The standard InChI is InChI=1S/C22H14Cl2N2O6/c23-13-6-7-16(17(24)10-13)19-18(20(27)12-3-1-4-14(9-12)26(30)31)21(28)22(29)25(19)11-15-5-2-8-32-15/h1-10,19,27H,11H2/t19-/m1/s1. The van der Waals surface area contributed by atoms with Crippen molar-refractivity contribution in [2.45, 2.75) is 12.6 Å². The molecular formula is C22H14Cl2N2O6. The number of hydrogen-bond acceptors (Lipinski definition) is 6. The van der Waals surface area contributed by atoms with Crippen molar-refractivity contribution in [1.29, 1.82) is 0 Å². The number of nitrogens with zero attached hydrogens (tertiary/aromatic N) is 2. The number of hydrogen-bond donors (Lipinski definition) is 1. The van der Waals surface area contributed by atoms with E-state index in [9.17, 15) is 24.8 Å². The van der Waals surface area contributed by atoms with Crippen molar-refractivity contribution in [2.75, 3.05) is 0 Å².